The number of nitrogens with two attached hydrogens (primary N) is 2. The number of nitrogens with zero attached hydrogens (tertiary/aromatic N) is 2. The van der Waals surface area contributed by atoms with Crippen molar-refractivity contribution in [2.45, 2.75) is 37.0 Å². The van der Waals surface area contributed by atoms with Crippen LogP contribution in [0.2, 0.25) is 0 Å². The SMILES string of the molecule is C[S+](CC[C@H](N)C(=O)O)C[C@H]1O[C@@H](n2cnc(C(N)=O)c2)[C@H](O)[C@@H]1O. The highest BCUT2D eigenvalue weighted by Gasteiger charge is 2.46. The Labute approximate surface area is 147 Å². The van der Waals surface area contributed by atoms with Crippen LogP contribution in [-0.4, -0.2) is 78.9 Å². The van der Waals surface area contributed by atoms with E-state index >= 15 is 0 Å². The average molecular weight is 375 g/mol. The standard InChI is InChI=1S/C14H22N4O6S/c1-25(3-2-7(15)14(22)23)5-9-10(19)11(20)13(24-9)18-4-8(12(16)21)17-6-18/h4,6-7,9-11,13,19-20H,2-3,5,15H2,1H3,(H2-,16,21,22,23)/p+1/t7-,9+,10+,11+,13+,25?/m0/s1. The second-order valence-electron chi connectivity index (χ2n) is 6.00. The number of amides is 1. The van der Waals surface area contributed by atoms with Gasteiger partial charge in [-0.05, 0) is 10.9 Å². The van der Waals surface area contributed by atoms with Crippen molar-refractivity contribution < 1.29 is 29.6 Å². The minimum Gasteiger partial charge on any atom is -0.480 e. The molecule has 0 bridgehead atoms. The van der Waals surface area contributed by atoms with Gasteiger partial charge in [-0.25, -0.2) is 4.98 Å². The van der Waals surface area contributed by atoms with Gasteiger partial charge >= 0.3 is 5.97 Å². The Morgan fingerprint density at radius 1 is 1.44 bits per heavy atom. The topological polar surface area (TPSA) is 174 Å². The number of carbonyl (C=O) groups excluding carboxylic acids is 1. The van der Waals surface area contributed by atoms with Crippen LogP contribution in [0.15, 0.2) is 12.5 Å². The van der Waals surface area contributed by atoms with Crippen molar-refractivity contribution in [2.75, 3.05) is 17.8 Å². The lowest BCUT2D eigenvalue weighted by atomic mass is 10.1. The van der Waals surface area contributed by atoms with Crippen molar-refractivity contribution in [1.82, 2.24) is 9.55 Å². The maximum absolute atomic E-state index is 11.1. The van der Waals surface area contributed by atoms with Gasteiger partial charge in [0, 0.05) is 12.6 Å². The van der Waals surface area contributed by atoms with Crippen molar-refractivity contribution in [3.63, 3.8) is 0 Å². The molecular formula is C14H23N4O6S+. The molecule has 0 aliphatic carbocycles. The van der Waals surface area contributed by atoms with Crippen molar-refractivity contribution in [3.8, 4) is 0 Å². The zero-order valence-corrected chi connectivity index (χ0v) is 14.5. The lowest BCUT2D eigenvalue weighted by molar-refractivity contribution is -0.138. The van der Waals surface area contributed by atoms with E-state index in [-0.39, 0.29) is 16.6 Å². The highest BCUT2D eigenvalue weighted by molar-refractivity contribution is 7.96. The van der Waals surface area contributed by atoms with E-state index in [1.54, 1.807) is 0 Å². The summed E-state index contributed by atoms with van der Waals surface area (Å²) in [7, 11) is -0.245. The molecule has 1 aliphatic heterocycles. The van der Waals surface area contributed by atoms with Crippen LogP contribution in [0.25, 0.3) is 0 Å². The maximum atomic E-state index is 11.1. The van der Waals surface area contributed by atoms with E-state index in [1.807, 2.05) is 6.26 Å². The first-order valence-corrected chi connectivity index (χ1v) is 9.60. The Bertz CT molecular complexity index is 626. The Kier molecular flexibility index (Phi) is 6.41. The summed E-state index contributed by atoms with van der Waals surface area (Å²) in [5, 5.41) is 29.2. The van der Waals surface area contributed by atoms with Gasteiger partial charge in [0.05, 0.1) is 12.6 Å². The second kappa shape index (κ2) is 8.15. The molecule has 1 fully saturated rings. The van der Waals surface area contributed by atoms with Gasteiger partial charge in [0.15, 0.2) is 6.23 Å². The van der Waals surface area contributed by atoms with E-state index in [4.69, 9.17) is 21.3 Å². The fourth-order valence-electron chi connectivity index (χ4n) is 2.53. The molecule has 0 spiro atoms. The maximum Gasteiger partial charge on any atom is 0.320 e. The number of primary amides is 1. The predicted octanol–water partition coefficient (Wildman–Crippen LogP) is -2.35. The third-order valence-electron chi connectivity index (χ3n) is 4.03. The quantitative estimate of drug-likeness (QED) is 0.314. The van der Waals surface area contributed by atoms with E-state index in [0.717, 1.165) is 0 Å². The van der Waals surface area contributed by atoms with Gasteiger partial charge in [-0.3, -0.25) is 9.59 Å². The first kappa shape index (κ1) is 19.7. The third kappa shape index (κ3) is 4.70. The van der Waals surface area contributed by atoms with Crippen LogP contribution in [0.4, 0.5) is 0 Å². The number of hydrogen-bond acceptors (Lipinski definition) is 7. The number of hydrogen-bond donors (Lipinski definition) is 5. The number of carbonyl (C=O) groups is 2. The minimum atomic E-state index is -1.18. The molecule has 1 aromatic heterocycles. The van der Waals surface area contributed by atoms with E-state index in [0.29, 0.717) is 17.9 Å². The molecule has 2 heterocycles. The average Bonchev–Trinajstić information content (AvgIpc) is 3.13. The summed E-state index contributed by atoms with van der Waals surface area (Å²) in [5.74, 6) is -0.709. The van der Waals surface area contributed by atoms with Gasteiger partial charge in [0.25, 0.3) is 5.91 Å². The normalized spacial score (nSPS) is 28.6. The minimum absolute atomic E-state index is 0.0339. The largest absolute Gasteiger partial charge is 0.480 e. The molecule has 11 heteroatoms. The fraction of sp³-hybridized carbons (Fsp3) is 0.643. The highest BCUT2D eigenvalue weighted by Crippen LogP contribution is 2.30. The van der Waals surface area contributed by atoms with Crippen LogP contribution >= 0.6 is 0 Å². The summed E-state index contributed by atoms with van der Waals surface area (Å²) in [6, 6.07) is -0.916. The molecule has 1 saturated heterocycles. The lowest BCUT2D eigenvalue weighted by Gasteiger charge is -2.15. The Morgan fingerprint density at radius 3 is 2.68 bits per heavy atom. The summed E-state index contributed by atoms with van der Waals surface area (Å²) in [6.07, 6.45) is 1.13. The fourth-order valence-corrected chi connectivity index (χ4v) is 4.19. The van der Waals surface area contributed by atoms with Crippen LogP contribution < -0.4 is 11.5 Å². The number of carboxylic acids is 1. The van der Waals surface area contributed by atoms with Crippen molar-refractivity contribution in [2.24, 2.45) is 11.5 Å². The molecule has 1 amide bonds. The molecule has 1 aromatic rings. The monoisotopic (exact) mass is 375 g/mol. The highest BCUT2D eigenvalue weighted by atomic mass is 32.2. The molecule has 140 valence electrons. The summed E-state index contributed by atoms with van der Waals surface area (Å²) in [6.45, 7) is 0. The molecule has 0 radical (unpaired) electrons. The van der Waals surface area contributed by atoms with Crippen molar-refractivity contribution in [1.29, 1.82) is 0 Å². The third-order valence-corrected chi connectivity index (χ3v) is 5.86. The molecule has 2 rings (SSSR count). The summed E-state index contributed by atoms with van der Waals surface area (Å²) in [5.41, 5.74) is 10.7. The molecule has 7 N–H and O–H groups in total. The van der Waals surface area contributed by atoms with Gasteiger partial charge in [-0.2, -0.15) is 0 Å². The van der Waals surface area contributed by atoms with Crippen molar-refractivity contribution in [3.05, 3.63) is 18.2 Å². The van der Waals surface area contributed by atoms with Crippen LogP contribution in [0.3, 0.4) is 0 Å². The van der Waals surface area contributed by atoms with Gasteiger partial charge in [-0.1, -0.05) is 0 Å². The lowest BCUT2D eigenvalue weighted by Crippen LogP contribution is -2.37. The van der Waals surface area contributed by atoms with Gasteiger partial charge in [0.2, 0.25) is 0 Å². The number of aromatic nitrogens is 2. The number of rotatable bonds is 8. The Hall–Kier alpha value is -1.66. The number of aliphatic carboxylic acids is 1. The van der Waals surface area contributed by atoms with Crippen LogP contribution in [0, 0.1) is 0 Å². The zero-order chi connectivity index (χ0) is 18.7. The molecule has 6 atom stereocenters. The summed E-state index contributed by atoms with van der Waals surface area (Å²) >= 11 is 0. The smallest absolute Gasteiger partial charge is 0.320 e. The Balaban J connectivity index is 1.94. The molecule has 1 unspecified atom stereocenters. The van der Waals surface area contributed by atoms with Gasteiger partial charge in [0.1, 0.15) is 41.6 Å². The first-order chi connectivity index (χ1) is 11.7. The predicted molar refractivity (Wildman–Crippen MR) is 89.9 cm³/mol. The number of carboxylic acid groups (broad SMARTS) is 1. The van der Waals surface area contributed by atoms with Crippen LogP contribution in [-0.2, 0) is 20.4 Å². The summed E-state index contributed by atoms with van der Waals surface area (Å²) in [4.78, 5) is 25.7. The second-order valence-corrected chi connectivity index (χ2v) is 8.31. The van der Waals surface area contributed by atoms with Crippen molar-refractivity contribution >= 4 is 22.8 Å². The Morgan fingerprint density at radius 2 is 2.12 bits per heavy atom. The molecule has 10 nitrogen and oxygen atoms in total. The van der Waals surface area contributed by atoms with Crippen LogP contribution in [0.5, 0.6) is 0 Å². The van der Waals surface area contributed by atoms with Gasteiger partial charge in [-0.15, -0.1) is 0 Å². The summed E-state index contributed by atoms with van der Waals surface area (Å²) < 4.78 is 7.11. The van der Waals surface area contributed by atoms with Crippen LogP contribution in [0.1, 0.15) is 23.1 Å². The van der Waals surface area contributed by atoms with E-state index in [2.05, 4.69) is 4.98 Å². The van der Waals surface area contributed by atoms with E-state index in [9.17, 15) is 19.8 Å². The van der Waals surface area contributed by atoms with E-state index in [1.165, 1.54) is 17.1 Å². The number of aliphatic hydroxyl groups excluding tert-OH is 2. The number of imidazole rings is 1. The first-order valence-electron chi connectivity index (χ1n) is 7.63. The number of aliphatic hydroxyl groups is 2. The van der Waals surface area contributed by atoms with Gasteiger partial charge < -0.3 is 36.1 Å². The zero-order valence-electron chi connectivity index (χ0n) is 13.7. The molecule has 0 saturated carbocycles. The molecule has 1 aliphatic rings. The molecule has 25 heavy (non-hydrogen) atoms. The van der Waals surface area contributed by atoms with E-state index < -0.39 is 42.5 Å². The molecular weight excluding hydrogens is 352 g/mol. The number of ether oxygens (including phenoxy) is 1. The molecule has 0 aromatic carbocycles.